The number of nitrogens with one attached hydrogen (secondary N) is 1. The van der Waals surface area contributed by atoms with Gasteiger partial charge in [-0.25, -0.2) is 13.8 Å². The van der Waals surface area contributed by atoms with Gasteiger partial charge in [0.05, 0.1) is 11.1 Å². The zero-order chi connectivity index (χ0) is 12.9. The summed E-state index contributed by atoms with van der Waals surface area (Å²) in [7, 11) is 0. The standard InChI is InChI=1S/C13H10F2N2O/c1-6-5-8(7(2)18-6)13-16-10-4-3-9(14)11(15)12(10)17-13/h3-5H,1-2H3,(H,16,17). The quantitative estimate of drug-likeness (QED) is 0.713. The number of aromatic amines is 1. The Morgan fingerprint density at radius 3 is 2.67 bits per heavy atom. The minimum Gasteiger partial charge on any atom is -0.466 e. The molecular weight excluding hydrogens is 238 g/mol. The molecule has 18 heavy (non-hydrogen) atoms. The SMILES string of the molecule is Cc1cc(-c2nc3c(F)c(F)ccc3[nH]2)c(C)o1. The van der Waals surface area contributed by atoms with Crippen molar-refractivity contribution in [3.63, 3.8) is 0 Å². The van der Waals surface area contributed by atoms with Crippen LogP contribution < -0.4 is 0 Å². The molecule has 0 bridgehead atoms. The molecule has 92 valence electrons. The molecule has 3 rings (SSSR count). The second kappa shape index (κ2) is 3.66. The molecule has 2 aromatic heterocycles. The Morgan fingerprint density at radius 2 is 2.00 bits per heavy atom. The molecule has 3 aromatic rings. The van der Waals surface area contributed by atoms with Crippen molar-refractivity contribution >= 4 is 11.0 Å². The number of H-pyrrole nitrogens is 1. The van der Waals surface area contributed by atoms with E-state index in [0.29, 0.717) is 17.1 Å². The van der Waals surface area contributed by atoms with Gasteiger partial charge < -0.3 is 9.40 Å². The number of hydrogen-bond donors (Lipinski definition) is 1. The van der Waals surface area contributed by atoms with E-state index in [-0.39, 0.29) is 5.52 Å². The summed E-state index contributed by atoms with van der Waals surface area (Å²) in [5, 5.41) is 0. The van der Waals surface area contributed by atoms with Crippen LogP contribution in [0.15, 0.2) is 22.6 Å². The van der Waals surface area contributed by atoms with Crippen molar-refractivity contribution in [3.8, 4) is 11.4 Å². The minimum atomic E-state index is -0.937. The van der Waals surface area contributed by atoms with Crippen molar-refractivity contribution in [3.05, 3.63) is 41.4 Å². The molecule has 0 saturated heterocycles. The van der Waals surface area contributed by atoms with Gasteiger partial charge in [-0.1, -0.05) is 0 Å². The fourth-order valence-electron chi connectivity index (χ4n) is 2.01. The molecule has 3 nitrogen and oxygen atoms in total. The van der Waals surface area contributed by atoms with Crippen molar-refractivity contribution in [2.75, 3.05) is 0 Å². The molecule has 2 heterocycles. The number of imidazole rings is 1. The highest BCUT2D eigenvalue weighted by Gasteiger charge is 2.15. The first-order valence-corrected chi connectivity index (χ1v) is 5.47. The first-order valence-electron chi connectivity index (χ1n) is 5.47. The molecule has 0 amide bonds. The van der Waals surface area contributed by atoms with Crippen molar-refractivity contribution in [2.45, 2.75) is 13.8 Å². The molecule has 1 aromatic carbocycles. The predicted molar refractivity (Wildman–Crippen MR) is 63.2 cm³/mol. The maximum atomic E-state index is 13.6. The fourth-order valence-corrected chi connectivity index (χ4v) is 2.01. The maximum Gasteiger partial charge on any atom is 0.186 e. The molecule has 1 N–H and O–H groups in total. The predicted octanol–water partition coefficient (Wildman–Crippen LogP) is 3.72. The normalized spacial score (nSPS) is 11.3. The number of aromatic nitrogens is 2. The Hall–Kier alpha value is -2.17. The summed E-state index contributed by atoms with van der Waals surface area (Å²) < 4.78 is 32.0. The first-order chi connectivity index (χ1) is 8.56. The van der Waals surface area contributed by atoms with E-state index < -0.39 is 11.6 Å². The Bertz CT molecular complexity index is 743. The average molecular weight is 248 g/mol. The van der Waals surface area contributed by atoms with Gasteiger partial charge in [-0.05, 0) is 32.0 Å². The van der Waals surface area contributed by atoms with Crippen LogP contribution in [0, 0.1) is 25.5 Å². The van der Waals surface area contributed by atoms with E-state index >= 15 is 0 Å². The van der Waals surface area contributed by atoms with E-state index in [9.17, 15) is 8.78 Å². The lowest BCUT2D eigenvalue weighted by molar-refractivity contribution is 0.505. The van der Waals surface area contributed by atoms with E-state index in [2.05, 4.69) is 9.97 Å². The molecule has 0 aliphatic carbocycles. The second-order valence-electron chi connectivity index (χ2n) is 4.17. The number of furan rings is 1. The van der Waals surface area contributed by atoms with Crippen LogP contribution in [-0.2, 0) is 0 Å². The van der Waals surface area contributed by atoms with E-state index in [1.807, 2.05) is 6.92 Å². The minimum absolute atomic E-state index is 0.00301. The van der Waals surface area contributed by atoms with E-state index in [0.717, 1.165) is 17.4 Å². The van der Waals surface area contributed by atoms with Crippen molar-refractivity contribution in [1.82, 2.24) is 9.97 Å². The van der Waals surface area contributed by atoms with Gasteiger partial charge in [0.2, 0.25) is 0 Å². The highest BCUT2D eigenvalue weighted by atomic mass is 19.2. The third-order valence-corrected chi connectivity index (χ3v) is 2.84. The molecule has 0 aliphatic heterocycles. The smallest absolute Gasteiger partial charge is 0.186 e. The highest BCUT2D eigenvalue weighted by Crippen LogP contribution is 2.27. The number of nitrogens with zero attached hydrogens (tertiary/aromatic N) is 1. The third kappa shape index (κ3) is 1.51. The number of halogens is 2. The van der Waals surface area contributed by atoms with E-state index in [1.54, 1.807) is 13.0 Å². The fraction of sp³-hybridized carbons (Fsp3) is 0.154. The summed E-state index contributed by atoms with van der Waals surface area (Å²) in [5.41, 5.74) is 1.22. The molecule has 0 aliphatic rings. The highest BCUT2D eigenvalue weighted by molar-refractivity contribution is 5.80. The van der Waals surface area contributed by atoms with Crippen molar-refractivity contribution < 1.29 is 13.2 Å². The van der Waals surface area contributed by atoms with Crippen LogP contribution in [0.4, 0.5) is 8.78 Å². The molecule has 0 spiro atoms. The second-order valence-corrected chi connectivity index (χ2v) is 4.17. The Balaban J connectivity index is 2.26. The summed E-state index contributed by atoms with van der Waals surface area (Å²) in [6, 6.07) is 4.35. The maximum absolute atomic E-state index is 13.6. The lowest BCUT2D eigenvalue weighted by Gasteiger charge is -1.91. The van der Waals surface area contributed by atoms with Gasteiger partial charge in [-0.2, -0.15) is 0 Å². The van der Waals surface area contributed by atoms with Crippen molar-refractivity contribution in [1.29, 1.82) is 0 Å². The summed E-state index contributed by atoms with van der Waals surface area (Å²) in [6.45, 7) is 3.62. The van der Waals surface area contributed by atoms with Gasteiger partial charge in [0.1, 0.15) is 22.9 Å². The molecule has 0 unspecified atom stereocenters. The zero-order valence-electron chi connectivity index (χ0n) is 9.84. The van der Waals surface area contributed by atoms with Gasteiger partial charge in [-0.3, -0.25) is 0 Å². The van der Waals surface area contributed by atoms with Crippen LogP contribution in [0.5, 0.6) is 0 Å². The topological polar surface area (TPSA) is 41.8 Å². The largest absolute Gasteiger partial charge is 0.466 e. The van der Waals surface area contributed by atoms with Gasteiger partial charge in [0, 0.05) is 0 Å². The van der Waals surface area contributed by atoms with Crippen LogP contribution in [0.3, 0.4) is 0 Å². The van der Waals surface area contributed by atoms with Gasteiger partial charge >= 0.3 is 0 Å². The first kappa shape index (κ1) is 11.0. The van der Waals surface area contributed by atoms with Gasteiger partial charge in [-0.15, -0.1) is 0 Å². The van der Waals surface area contributed by atoms with Gasteiger partial charge in [0.15, 0.2) is 11.6 Å². The Kier molecular flexibility index (Phi) is 2.23. The number of fused-ring (bicyclic) bond motifs is 1. The average Bonchev–Trinajstić information content (AvgIpc) is 2.87. The monoisotopic (exact) mass is 248 g/mol. The summed E-state index contributed by atoms with van der Waals surface area (Å²) in [5.74, 6) is 0.0689. The molecule has 0 radical (unpaired) electrons. The van der Waals surface area contributed by atoms with E-state index in [4.69, 9.17) is 4.42 Å². The van der Waals surface area contributed by atoms with Crippen LogP contribution in [0.1, 0.15) is 11.5 Å². The Labute approximate surface area is 101 Å². The number of aryl methyl sites for hydroxylation is 2. The van der Waals surface area contributed by atoms with Crippen LogP contribution in [0.2, 0.25) is 0 Å². The molecular formula is C13H10F2N2O. The lowest BCUT2D eigenvalue weighted by atomic mass is 10.2. The van der Waals surface area contributed by atoms with Crippen LogP contribution >= 0.6 is 0 Å². The lowest BCUT2D eigenvalue weighted by Crippen LogP contribution is -1.84. The Morgan fingerprint density at radius 1 is 1.22 bits per heavy atom. The van der Waals surface area contributed by atoms with Crippen molar-refractivity contribution in [2.24, 2.45) is 0 Å². The summed E-state index contributed by atoms with van der Waals surface area (Å²) in [4.78, 5) is 7.04. The number of rotatable bonds is 1. The van der Waals surface area contributed by atoms with Crippen LogP contribution in [0.25, 0.3) is 22.4 Å². The van der Waals surface area contributed by atoms with E-state index in [1.165, 1.54) is 6.07 Å². The summed E-state index contributed by atoms with van der Waals surface area (Å²) in [6.07, 6.45) is 0. The molecule has 5 heteroatoms. The van der Waals surface area contributed by atoms with Gasteiger partial charge in [0.25, 0.3) is 0 Å². The number of benzene rings is 1. The summed E-state index contributed by atoms with van der Waals surface area (Å²) >= 11 is 0. The molecule has 0 saturated carbocycles. The van der Waals surface area contributed by atoms with Crippen LogP contribution in [-0.4, -0.2) is 9.97 Å². The third-order valence-electron chi connectivity index (χ3n) is 2.84. The molecule has 0 fully saturated rings. The number of hydrogen-bond acceptors (Lipinski definition) is 2. The molecule has 0 atom stereocenters. The zero-order valence-corrected chi connectivity index (χ0v) is 9.84.